The number of aromatic nitrogens is 2. The molecular weight excluding hydrogens is 419 g/mol. The van der Waals surface area contributed by atoms with E-state index in [1.54, 1.807) is 0 Å². The van der Waals surface area contributed by atoms with Crippen molar-refractivity contribution in [1.82, 2.24) is 20.0 Å². The summed E-state index contributed by atoms with van der Waals surface area (Å²) >= 11 is 13.1. The fourth-order valence-electron chi connectivity index (χ4n) is 4.47. The van der Waals surface area contributed by atoms with Gasteiger partial charge in [-0.2, -0.15) is 9.97 Å². The third-order valence-electron chi connectivity index (χ3n) is 8.33. The summed E-state index contributed by atoms with van der Waals surface area (Å²) in [7, 11) is 0. The Morgan fingerprint density at radius 3 is 1.43 bits per heavy atom. The fraction of sp³-hybridized carbons (Fsp3) is 0.818. The van der Waals surface area contributed by atoms with Gasteiger partial charge < -0.3 is 10.9 Å². The van der Waals surface area contributed by atoms with Crippen LogP contribution in [-0.2, 0) is 0 Å². The van der Waals surface area contributed by atoms with Crippen molar-refractivity contribution in [2.45, 2.75) is 92.2 Å². The zero-order valence-corrected chi connectivity index (χ0v) is 21.3. The molecule has 170 valence electrons. The summed E-state index contributed by atoms with van der Waals surface area (Å²) in [5.41, 5.74) is 7.09. The molecule has 0 radical (unpaired) electrons. The molecule has 3 rings (SSSR count). The van der Waals surface area contributed by atoms with E-state index in [1.807, 2.05) is 0 Å². The third kappa shape index (κ3) is 4.13. The lowest BCUT2D eigenvalue weighted by Gasteiger charge is -2.53. The summed E-state index contributed by atoms with van der Waals surface area (Å²) < 4.78 is 0. The molecule has 2 aliphatic rings. The summed E-state index contributed by atoms with van der Waals surface area (Å²) in [6.07, 6.45) is 4.59. The predicted molar refractivity (Wildman–Crippen MR) is 127 cm³/mol. The zero-order chi connectivity index (χ0) is 22.5. The summed E-state index contributed by atoms with van der Waals surface area (Å²) in [6, 6.07) is 0. The summed E-state index contributed by atoms with van der Waals surface area (Å²) in [5.74, 6) is 1.08. The van der Waals surface area contributed by atoms with Crippen LogP contribution in [0.4, 0.5) is 11.6 Å². The number of nitrogens with zero attached hydrogens (tertiary/aromatic N) is 4. The zero-order valence-electron chi connectivity index (χ0n) is 19.8. The average molecular weight is 457 g/mol. The minimum atomic E-state index is -0.0710. The van der Waals surface area contributed by atoms with Crippen molar-refractivity contribution in [3.63, 3.8) is 0 Å². The molecule has 3 heterocycles. The second-order valence-electron chi connectivity index (χ2n) is 11.1. The number of hydrazine groups is 2. The van der Waals surface area contributed by atoms with Crippen LogP contribution in [0.5, 0.6) is 0 Å². The Balaban J connectivity index is 1.88. The van der Waals surface area contributed by atoms with Crippen LogP contribution in [0, 0.1) is 10.8 Å². The van der Waals surface area contributed by atoms with Gasteiger partial charge in [0.05, 0.1) is 0 Å². The lowest BCUT2D eigenvalue weighted by atomic mass is 9.69. The quantitative estimate of drug-likeness (QED) is 0.522. The molecule has 1 aromatic heterocycles. The molecule has 6 nitrogen and oxygen atoms in total. The molecule has 0 bridgehead atoms. The van der Waals surface area contributed by atoms with E-state index in [0.29, 0.717) is 16.7 Å². The maximum absolute atomic E-state index is 6.79. The van der Waals surface area contributed by atoms with Crippen molar-refractivity contribution in [3.05, 3.63) is 10.3 Å². The van der Waals surface area contributed by atoms with E-state index in [9.17, 15) is 0 Å². The van der Waals surface area contributed by atoms with E-state index in [1.165, 1.54) is 12.8 Å². The maximum Gasteiger partial charge on any atom is 0.226 e. The molecule has 2 aliphatic heterocycles. The van der Waals surface area contributed by atoms with Gasteiger partial charge in [-0.25, -0.2) is 10.0 Å². The van der Waals surface area contributed by atoms with E-state index < -0.39 is 0 Å². The molecule has 2 saturated heterocycles. The normalized spacial score (nSPS) is 25.7. The molecule has 0 saturated carbocycles. The average Bonchev–Trinajstić information content (AvgIpc) is 2.60. The van der Waals surface area contributed by atoms with Gasteiger partial charge in [0.1, 0.15) is 5.02 Å². The Bertz CT molecular complexity index is 729. The largest absolute Gasteiger partial charge is 0.301 e. The second kappa shape index (κ2) is 7.95. The highest BCUT2D eigenvalue weighted by molar-refractivity contribution is 6.36. The molecule has 0 aliphatic carbocycles. The molecule has 8 heteroatoms. The van der Waals surface area contributed by atoms with Gasteiger partial charge in [-0.15, -0.1) is 0 Å². The molecule has 1 aromatic rings. The minimum Gasteiger partial charge on any atom is -0.301 e. The standard InChI is InChI=1S/C22H38Cl2N6/c1-19(2)11-9-13-29(21(19,5)6)27-16-15(23)17(26-18(24)25-16)28-30-14-10-12-20(3,4)22(30,7)8/h9-14H2,1-8H3,(H2,25,26,27,28). The molecule has 0 unspecified atom stereocenters. The van der Waals surface area contributed by atoms with Crippen molar-refractivity contribution in [2.24, 2.45) is 10.8 Å². The van der Waals surface area contributed by atoms with Crippen molar-refractivity contribution >= 4 is 34.8 Å². The van der Waals surface area contributed by atoms with Crippen molar-refractivity contribution in [2.75, 3.05) is 23.9 Å². The van der Waals surface area contributed by atoms with Gasteiger partial charge in [0.2, 0.25) is 5.28 Å². The highest BCUT2D eigenvalue weighted by Gasteiger charge is 2.46. The SMILES string of the molecule is CC1(C)CCCN(Nc2nc(Cl)nc(NN3CCCC(C)(C)C3(C)C)c2Cl)C1(C)C. The van der Waals surface area contributed by atoms with Crippen molar-refractivity contribution < 1.29 is 0 Å². The van der Waals surface area contributed by atoms with E-state index in [4.69, 9.17) is 23.2 Å². The Labute approximate surface area is 192 Å². The molecule has 30 heavy (non-hydrogen) atoms. The summed E-state index contributed by atoms with van der Waals surface area (Å²) in [5, 5.41) is 5.10. The first-order valence-corrected chi connectivity index (χ1v) is 11.8. The molecule has 0 aromatic carbocycles. The molecule has 2 fully saturated rings. The lowest BCUT2D eigenvalue weighted by molar-refractivity contribution is -0.0138. The number of piperidine rings is 2. The number of rotatable bonds is 4. The van der Waals surface area contributed by atoms with Gasteiger partial charge in [0.15, 0.2) is 11.6 Å². The predicted octanol–water partition coefficient (Wildman–Crippen LogP) is 6.24. The number of hydrogen-bond acceptors (Lipinski definition) is 6. The van der Waals surface area contributed by atoms with Crippen LogP contribution in [0.1, 0.15) is 81.1 Å². The van der Waals surface area contributed by atoms with Gasteiger partial charge in [0.25, 0.3) is 0 Å². The van der Waals surface area contributed by atoms with Crippen LogP contribution in [0.15, 0.2) is 0 Å². The fourth-order valence-corrected chi connectivity index (χ4v) is 4.81. The highest BCUT2D eigenvalue weighted by atomic mass is 35.5. The summed E-state index contributed by atoms with van der Waals surface area (Å²) in [4.78, 5) is 8.82. The monoisotopic (exact) mass is 456 g/mol. The van der Waals surface area contributed by atoms with Gasteiger partial charge >= 0.3 is 0 Å². The number of nitrogens with one attached hydrogen (secondary N) is 2. The Hall–Kier alpha value is -0.820. The highest BCUT2D eigenvalue weighted by Crippen LogP contribution is 2.45. The third-order valence-corrected chi connectivity index (χ3v) is 8.86. The second-order valence-corrected chi connectivity index (χ2v) is 11.8. The number of anilines is 2. The molecular formula is C22H38Cl2N6. The minimum absolute atomic E-state index is 0.0710. The molecule has 0 amide bonds. The van der Waals surface area contributed by atoms with Crippen LogP contribution in [0.25, 0.3) is 0 Å². The van der Waals surface area contributed by atoms with Gasteiger partial charge in [-0.1, -0.05) is 39.3 Å². The lowest BCUT2D eigenvalue weighted by Crippen LogP contribution is -2.60. The van der Waals surface area contributed by atoms with Crippen molar-refractivity contribution in [1.29, 1.82) is 0 Å². The van der Waals surface area contributed by atoms with Crippen LogP contribution in [0.3, 0.4) is 0 Å². The number of halogens is 2. The molecule has 2 N–H and O–H groups in total. The smallest absolute Gasteiger partial charge is 0.226 e. The van der Waals surface area contributed by atoms with Crippen LogP contribution < -0.4 is 10.9 Å². The van der Waals surface area contributed by atoms with E-state index in [0.717, 1.165) is 25.9 Å². The molecule has 0 spiro atoms. The first-order chi connectivity index (χ1) is 13.7. The Kier molecular flexibility index (Phi) is 6.31. The van der Waals surface area contributed by atoms with E-state index in [-0.39, 0.29) is 27.2 Å². The summed E-state index contributed by atoms with van der Waals surface area (Å²) in [6.45, 7) is 20.1. The van der Waals surface area contributed by atoms with Gasteiger partial charge in [-0.05, 0) is 75.8 Å². The first-order valence-electron chi connectivity index (χ1n) is 11.0. The van der Waals surface area contributed by atoms with Gasteiger partial charge in [0, 0.05) is 24.2 Å². The molecule has 0 atom stereocenters. The van der Waals surface area contributed by atoms with Crippen LogP contribution >= 0.6 is 23.2 Å². The van der Waals surface area contributed by atoms with Gasteiger partial charge in [-0.3, -0.25) is 0 Å². The van der Waals surface area contributed by atoms with E-state index >= 15 is 0 Å². The Morgan fingerprint density at radius 1 is 0.700 bits per heavy atom. The van der Waals surface area contributed by atoms with Crippen molar-refractivity contribution in [3.8, 4) is 0 Å². The Morgan fingerprint density at radius 2 is 1.07 bits per heavy atom. The number of hydrogen-bond donors (Lipinski definition) is 2. The van der Waals surface area contributed by atoms with Crippen LogP contribution in [0.2, 0.25) is 10.3 Å². The topological polar surface area (TPSA) is 56.3 Å². The van der Waals surface area contributed by atoms with Crippen LogP contribution in [-0.4, -0.2) is 44.2 Å². The maximum atomic E-state index is 6.79. The van der Waals surface area contributed by atoms with E-state index in [2.05, 4.69) is 86.2 Å². The first kappa shape index (κ1) is 23.8.